The van der Waals surface area contributed by atoms with Crippen LogP contribution in [0.1, 0.15) is 0 Å². The van der Waals surface area contributed by atoms with Crippen LogP contribution in [0.2, 0.25) is 0 Å². The summed E-state index contributed by atoms with van der Waals surface area (Å²) in [5.41, 5.74) is 6.06. The van der Waals surface area contributed by atoms with Crippen LogP contribution < -0.4 is 10.5 Å². The number of benzene rings is 1. The van der Waals surface area contributed by atoms with Crippen molar-refractivity contribution in [3.8, 4) is 5.75 Å². The van der Waals surface area contributed by atoms with E-state index in [4.69, 9.17) is 10.5 Å². The molecule has 1 rings (SSSR count). The number of carbonyl (C=O) groups is 1. The fourth-order valence-corrected chi connectivity index (χ4v) is 0.694. The molecule has 0 amide bonds. The Hall–Kier alpha value is -1.77. The maximum atomic E-state index is 10.7. The Labute approximate surface area is 70.5 Å². The summed E-state index contributed by atoms with van der Waals surface area (Å²) < 4.78 is 4.81. The lowest BCUT2D eigenvalue weighted by Crippen LogP contribution is -2.02. The Morgan fingerprint density at radius 2 is 2.00 bits per heavy atom. The third-order valence-corrected chi connectivity index (χ3v) is 1.27. The Morgan fingerprint density at radius 3 is 2.50 bits per heavy atom. The van der Waals surface area contributed by atoms with Crippen LogP contribution in [0.25, 0.3) is 0 Å². The largest absolute Gasteiger partial charge is 0.423 e. The third-order valence-electron chi connectivity index (χ3n) is 1.27. The van der Waals surface area contributed by atoms with Gasteiger partial charge in [0.2, 0.25) is 0 Å². The maximum Gasteiger partial charge on any atom is 0.335 e. The van der Waals surface area contributed by atoms with Gasteiger partial charge in [-0.1, -0.05) is 6.58 Å². The van der Waals surface area contributed by atoms with E-state index in [1.165, 1.54) is 0 Å². The molecule has 3 heteroatoms. The zero-order valence-corrected chi connectivity index (χ0v) is 6.49. The van der Waals surface area contributed by atoms with E-state index in [1.54, 1.807) is 24.3 Å². The highest BCUT2D eigenvalue weighted by atomic mass is 16.5. The molecule has 0 saturated carbocycles. The molecule has 0 aliphatic carbocycles. The van der Waals surface area contributed by atoms with Crippen LogP contribution in [-0.4, -0.2) is 5.97 Å². The van der Waals surface area contributed by atoms with E-state index in [1.807, 2.05) is 0 Å². The fraction of sp³-hybridized carbons (Fsp3) is 0. The number of carbonyl (C=O) groups excluding carboxylic acids is 1. The molecule has 62 valence electrons. The van der Waals surface area contributed by atoms with Crippen LogP contribution in [0, 0.1) is 0 Å². The molecular weight excluding hydrogens is 154 g/mol. The molecule has 3 nitrogen and oxygen atoms in total. The van der Waals surface area contributed by atoms with Crippen molar-refractivity contribution in [2.24, 2.45) is 0 Å². The number of rotatable bonds is 2. The molecule has 0 atom stereocenters. The molecule has 0 aliphatic heterocycles. The van der Waals surface area contributed by atoms with Gasteiger partial charge in [0.15, 0.2) is 0 Å². The van der Waals surface area contributed by atoms with Crippen molar-refractivity contribution in [2.45, 2.75) is 0 Å². The first-order chi connectivity index (χ1) is 5.72. The average molecular weight is 163 g/mol. The van der Waals surface area contributed by atoms with Gasteiger partial charge in [-0.15, -0.1) is 0 Å². The van der Waals surface area contributed by atoms with Gasteiger partial charge >= 0.3 is 5.97 Å². The topological polar surface area (TPSA) is 52.3 Å². The first kappa shape index (κ1) is 8.33. The van der Waals surface area contributed by atoms with Gasteiger partial charge in [0.1, 0.15) is 5.75 Å². The van der Waals surface area contributed by atoms with Crippen molar-refractivity contribution in [1.29, 1.82) is 0 Å². The van der Waals surface area contributed by atoms with Gasteiger partial charge in [0, 0.05) is 11.8 Å². The summed E-state index contributed by atoms with van der Waals surface area (Å²) in [6, 6.07) is 6.56. The molecule has 0 aromatic heterocycles. The smallest absolute Gasteiger partial charge is 0.335 e. The quantitative estimate of drug-likeness (QED) is 0.310. The molecule has 0 spiro atoms. The second kappa shape index (κ2) is 3.57. The van der Waals surface area contributed by atoms with Crippen LogP contribution in [0.15, 0.2) is 36.9 Å². The van der Waals surface area contributed by atoms with Gasteiger partial charge in [-0.05, 0) is 24.3 Å². The SMILES string of the molecule is C=CC(=O)Oc1ccc(N)cc1. The minimum atomic E-state index is -0.472. The van der Waals surface area contributed by atoms with Gasteiger partial charge in [0.25, 0.3) is 0 Å². The summed E-state index contributed by atoms with van der Waals surface area (Å²) >= 11 is 0. The molecule has 0 heterocycles. The van der Waals surface area contributed by atoms with Gasteiger partial charge in [-0.25, -0.2) is 4.79 Å². The van der Waals surface area contributed by atoms with E-state index in [2.05, 4.69) is 6.58 Å². The number of esters is 1. The van der Waals surface area contributed by atoms with Crippen LogP contribution in [0.4, 0.5) is 5.69 Å². The number of nitrogen functional groups attached to an aromatic ring is 1. The molecule has 0 bridgehead atoms. The molecular formula is C9H9NO2. The molecule has 0 radical (unpaired) electrons. The van der Waals surface area contributed by atoms with E-state index in [0.717, 1.165) is 6.08 Å². The van der Waals surface area contributed by atoms with E-state index < -0.39 is 5.97 Å². The summed E-state index contributed by atoms with van der Waals surface area (Å²) in [5.74, 6) is -0.00567. The minimum Gasteiger partial charge on any atom is -0.423 e. The van der Waals surface area contributed by atoms with E-state index in [0.29, 0.717) is 11.4 Å². The van der Waals surface area contributed by atoms with E-state index in [-0.39, 0.29) is 0 Å². The lowest BCUT2D eigenvalue weighted by atomic mass is 10.3. The van der Waals surface area contributed by atoms with E-state index in [9.17, 15) is 4.79 Å². The molecule has 0 saturated heterocycles. The molecule has 0 unspecified atom stereocenters. The van der Waals surface area contributed by atoms with Crippen molar-refractivity contribution in [1.82, 2.24) is 0 Å². The molecule has 12 heavy (non-hydrogen) atoms. The lowest BCUT2D eigenvalue weighted by Gasteiger charge is -2.00. The number of nitrogens with two attached hydrogens (primary N) is 1. The second-order valence-corrected chi connectivity index (χ2v) is 2.19. The highest BCUT2D eigenvalue weighted by molar-refractivity contribution is 5.83. The predicted octanol–water partition coefficient (Wildman–Crippen LogP) is 1.36. The Bertz CT molecular complexity index is 290. The Morgan fingerprint density at radius 1 is 1.42 bits per heavy atom. The molecule has 1 aromatic carbocycles. The minimum absolute atomic E-state index is 0.467. The van der Waals surface area contributed by atoms with E-state index >= 15 is 0 Å². The van der Waals surface area contributed by atoms with Gasteiger partial charge < -0.3 is 10.5 Å². The summed E-state index contributed by atoms with van der Waals surface area (Å²) in [6.45, 7) is 3.28. The average Bonchev–Trinajstić information content (AvgIpc) is 2.09. The lowest BCUT2D eigenvalue weighted by molar-refractivity contribution is -0.128. The van der Waals surface area contributed by atoms with Crippen LogP contribution in [0.5, 0.6) is 5.75 Å². The van der Waals surface area contributed by atoms with Crippen LogP contribution >= 0.6 is 0 Å². The number of ether oxygens (including phenoxy) is 1. The van der Waals surface area contributed by atoms with Crippen LogP contribution in [0.3, 0.4) is 0 Å². The number of hydrogen-bond donors (Lipinski definition) is 1. The highest BCUT2D eigenvalue weighted by Gasteiger charge is 1.97. The standard InChI is InChI=1S/C9H9NO2/c1-2-9(11)12-8-5-3-7(10)4-6-8/h2-6H,1,10H2. The zero-order valence-electron chi connectivity index (χ0n) is 6.49. The summed E-state index contributed by atoms with van der Waals surface area (Å²) in [7, 11) is 0. The Balaban J connectivity index is 2.71. The highest BCUT2D eigenvalue weighted by Crippen LogP contribution is 2.12. The summed E-state index contributed by atoms with van der Waals surface area (Å²) in [6.07, 6.45) is 1.11. The van der Waals surface area contributed by atoms with Crippen molar-refractivity contribution in [2.75, 3.05) is 5.73 Å². The van der Waals surface area contributed by atoms with Gasteiger partial charge in [-0.2, -0.15) is 0 Å². The second-order valence-electron chi connectivity index (χ2n) is 2.19. The maximum absolute atomic E-state index is 10.7. The molecule has 1 aromatic rings. The van der Waals surface area contributed by atoms with Crippen molar-refractivity contribution < 1.29 is 9.53 Å². The van der Waals surface area contributed by atoms with Gasteiger partial charge in [-0.3, -0.25) is 0 Å². The zero-order chi connectivity index (χ0) is 8.97. The number of anilines is 1. The predicted molar refractivity (Wildman–Crippen MR) is 46.7 cm³/mol. The summed E-state index contributed by atoms with van der Waals surface area (Å²) in [5, 5.41) is 0. The Kier molecular flexibility index (Phi) is 2.48. The normalized spacial score (nSPS) is 9.00. The number of hydrogen-bond acceptors (Lipinski definition) is 3. The van der Waals surface area contributed by atoms with Crippen molar-refractivity contribution in [3.05, 3.63) is 36.9 Å². The third kappa shape index (κ3) is 2.12. The molecule has 0 fully saturated rings. The van der Waals surface area contributed by atoms with Crippen molar-refractivity contribution >= 4 is 11.7 Å². The monoisotopic (exact) mass is 163 g/mol. The molecule has 0 aliphatic rings. The van der Waals surface area contributed by atoms with Crippen molar-refractivity contribution in [3.63, 3.8) is 0 Å². The fourth-order valence-electron chi connectivity index (χ4n) is 0.694. The first-order valence-corrected chi connectivity index (χ1v) is 3.42. The van der Waals surface area contributed by atoms with Gasteiger partial charge in [0.05, 0.1) is 0 Å². The molecule has 2 N–H and O–H groups in total. The summed E-state index contributed by atoms with van der Waals surface area (Å²) in [4.78, 5) is 10.7. The van der Waals surface area contributed by atoms with Crippen LogP contribution in [-0.2, 0) is 4.79 Å². The first-order valence-electron chi connectivity index (χ1n) is 3.42.